The quantitative estimate of drug-likeness (QED) is 0.815. The molecule has 1 atom stereocenters. The Morgan fingerprint density at radius 3 is 2.91 bits per heavy atom. The van der Waals surface area contributed by atoms with Crippen LogP contribution in [0.4, 0.5) is 5.69 Å². The number of hydrogen-bond acceptors (Lipinski definition) is 3. The molecule has 0 bridgehead atoms. The molecule has 0 radical (unpaired) electrons. The number of anilines is 1. The molecule has 2 amide bonds. The van der Waals surface area contributed by atoms with E-state index in [1.807, 2.05) is 32.0 Å². The first-order chi connectivity index (χ1) is 10.5. The Labute approximate surface area is 131 Å². The summed E-state index contributed by atoms with van der Waals surface area (Å²) >= 11 is 0. The molecule has 0 aromatic heterocycles. The van der Waals surface area contributed by atoms with Crippen molar-refractivity contribution in [3.8, 4) is 0 Å². The summed E-state index contributed by atoms with van der Waals surface area (Å²) in [5, 5.41) is 2.88. The van der Waals surface area contributed by atoms with E-state index in [1.165, 1.54) is 0 Å². The second-order valence-corrected chi connectivity index (χ2v) is 5.76. The van der Waals surface area contributed by atoms with Crippen LogP contribution in [-0.4, -0.2) is 38.6 Å². The number of hydrogen-bond donors (Lipinski definition) is 1. The molecule has 22 heavy (non-hydrogen) atoms. The van der Waals surface area contributed by atoms with Gasteiger partial charge in [0.15, 0.2) is 0 Å². The monoisotopic (exact) mass is 304 g/mol. The van der Waals surface area contributed by atoms with E-state index in [9.17, 15) is 9.59 Å². The lowest BCUT2D eigenvalue weighted by Crippen LogP contribution is -2.34. The molecule has 1 aromatic rings. The molecular formula is C17H24N2O3. The van der Waals surface area contributed by atoms with Gasteiger partial charge in [-0.3, -0.25) is 9.59 Å². The Morgan fingerprint density at radius 1 is 1.41 bits per heavy atom. The summed E-state index contributed by atoms with van der Waals surface area (Å²) in [6.07, 6.45) is 1.06. The third-order valence-electron chi connectivity index (χ3n) is 4.19. The molecule has 0 saturated carbocycles. The highest BCUT2D eigenvalue weighted by Gasteiger charge is 2.35. The SMILES string of the molecule is COCCCNC(=O)C1CC(=O)N(c2cccc(C)c2C)C1. The highest BCUT2D eigenvalue weighted by molar-refractivity contribution is 6.00. The van der Waals surface area contributed by atoms with Gasteiger partial charge in [-0.1, -0.05) is 12.1 Å². The van der Waals surface area contributed by atoms with Crippen molar-refractivity contribution in [1.82, 2.24) is 5.32 Å². The third-order valence-corrected chi connectivity index (χ3v) is 4.19. The number of rotatable bonds is 6. The minimum absolute atomic E-state index is 0.0192. The van der Waals surface area contributed by atoms with Crippen molar-refractivity contribution in [2.24, 2.45) is 5.92 Å². The highest BCUT2D eigenvalue weighted by Crippen LogP contribution is 2.29. The van der Waals surface area contributed by atoms with E-state index in [1.54, 1.807) is 12.0 Å². The maximum Gasteiger partial charge on any atom is 0.227 e. The molecule has 1 aliphatic rings. The first-order valence-electron chi connectivity index (χ1n) is 7.67. The van der Waals surface area contributed by atoms with Gasteiger partial charge in [-0.2, -0.15) is 0 Å². The Bertz CT molecular complexity index is 557. The molecule has 1 aromatic carbocycles. The van der Waals surface area contributed by atoms with E-state index in [2.05, 4.69) is 5.32 Å². The van der Waals surface area contributed by atoms with Crippen LogP contribution >= 0.6 is 0 Å². The minimum atomic E-state index is -0.269. The van der Waals surface area contributed by atoms with Gasteiger partial charge in [0, 0.05) is 38.9 Å². The Kier molecular flexibility index (Phi) is 5.55. The third kappa shape index (κ3) is 3.65. The topological polar surface area (TPSA) is 58.6 Å². The van der Waals surface area contributed by atoms with E-state index in [0.717, 1.165) is 23.2 Å². The first-order valence-corrected chi connectivity index (χ1v) is 7.67. The molecule has 0 aliphatic carbocycles. The van der Waals surface area contributed by atoms with Gasteiger partial charge in [0.05, 0.1) is 5.92 Å². The average molecular weight is 304 g/mol. The number of carbonyl (C=O) groups excluding carboxylic acids is 2. The van der Waals surface area contributed by atoms with E-state index < -0.39 is 0 Å². The molecule has 1 saturated heterocycles. The van der Waals surface area contributed by atoms with Crippen LogP contribution in [0.1, 0.15) is 24.0 Å². The van der Waals surface area contributed by atoms with Crippen molar-refractivity contribution in [2.45, 2.75) is 26.7 Å². The molecule has 1 N–H and O–H groups in total. The zero-order chi connectivity index (χ0) is 16.1. The van der Waals surface area contributed by atoms with Crippen molar-refractivity contribution in [3.63, 3.8) is 0 Å². The highest BCUT2D eigenvalue weighted by atomic mass is 16.5. The molecule has 0 spiro atoms. The van der Waals surface area contributed by atoms with Crippen LogP contribution in [0.3, 0.4) is 0 Å². The lowest BCUT2D eigenvalue weighted by Gasteiger charge is -2.20. The fourth-order valence-corrected chi connectivity index (χ4v) is 2.72. The lowest BCUT2D eigenvalue weighted by molar-refractivity contribution is -0.126. The van der Waals surface area contributed by atoms with Crippen molar-refractivity contribution >= 4 is 17.5 Å². The summed E-state index contributed by atoms with van der Waals surface area (Å²) in [4.78, 5) is 26.1. The standard InChI is InChI=1S/C17H24N2O3/c1-12-6-4-7-15(13(12)2)19-11-14(10-16(19)20)17(21)18-8-5-9-22-3/h4,6-7,14H,5,8-11H2,1-3H3,(H,18,21). The van der Waals surface area contributed by atoms with Gasteiger partial charge in [0.1, 0.15) is 0 Å². The smallest absolute Gasteiger partial charge is 0.227 e. The van der Waals surface area contributed by atoms with Crippen molar-refractivity contribution in [3.05, 3.63) is 29.3 Å². The first kappa shape index (κ1) is 16.5. The van der Waals surface area contributed by atoms with Gasteiger partial charge in [-0.05, 0) is 37.5 Å². The molecule has 1 heterocycles. The van der Waals surface area contributed by atoms with E-state index in [-0.39, 0.29) is 24.2 Å². The Hall–Kier alpha value is -1.88. The summed E-state index contributed by atoms with van der Waals surface area (Å²) in [6.45, 7) is 5.70. The number of methoxy groups -OCH3 is 1. The number of nitrogens with zero attached hydrogens (tertiary/aromatic N) is 1. The van der Waals surface area contributed by atoms with Crippen LogP contribution in [0.15, 0.2) is 18.2 Å². The van der Waals surface area contributed by atoms with Gasteiger partial charge >= 0.3 is 0 Å². The number of nitrogens with one attached hydrogen (secondary N) is 1. The van der Waals surface area contributed by atoms with Gasteiger partial charge < -0.3 is 15.0 Å². The zero-order valence-electron chi connectivity index (χ0n) is 13.5. The molecule has 5 heteroatoms. The Morgan fingerprint density at radius 2 is 2.18 bits per heavy atom. The second-order valence-electron chi connectivity index (χ2n) is 5.76. The summed E-state index contributed by atoms with van der Waals surface area (Å²) in [7, 11) is 1.64. The van der Waals surface area contributed by atoms with E-state index >= 15 is 0 Å². The number of carbonyl (C=O) groups is 2. The summed E-state index contributed by atoms with van der Waals surface area (Å²) in [5.74, 6) is -0.294. The van der Waals surface area contributed by atoms with Crippen LogP contribution in [0.2, 0.25) is 0 Å². The molecule has 5 nitrogen and oxygen atoms in total. The van der Waals surface area contributed by atoms with Crippen molar-refractivity contribution in [1.29, 1.82) is 0 Å². The lowest BCUT2D eigenvalue weighted by atomic mass is 10.1. The number of amides is 2. The van der Waals surface area contributed by atoms with Crippen LogP contribution < -0.4 is 10.2 Å². The van der Waals surface area contributed by atoms with Gasteiger partial charge in [-0.25, -0.2) is 0 Å². The van der Waals surface area contributed by atoms with Gasteiger partial charge in [0.25, 0.3) is 0 Å². The molecule has 2 rings (SSSR count). The molecule has 1 unspecified atom stereocenters. The van der Waals surface area contributed by atoms with Crippen LogP contribution in [0.25, 0.3) is 0 Å². The maximum atomic E-state index is 12.3. The van der Waals surface area contributed by atoms with Crippen LogP contribution in [-0.2, 0) is 14.3 Å². The van der Waals surface area contributed by atoms with Crippen molar-refractivity contribution in [2.75, 3.05) is 31.7 Å². The second kappa shape index (κ2) is 7.40. The van der Waals surface area contributed by atoms with E-state index in [0.29, 0.717) is 19.7 Å². The van der Waals surface area contributed by atoms with Crippen LogP contribution in [0, 0.1) is 19.8 Å². The fraction of sp³-hybridized carbons (Fsp3) is 0.529. The predicted octanol–water partition coefficient (Wildman–Crippen LogP) is 1.81. The molecule has 120 valence electrons. The average Bonchev–Trinajstić information content (AvgIpc) is 2.88. The predicted molar refractivity (Wildman–Crippen MR) is 85.9 cm³/mol. The van der Waals surface area contributed by atoms with Gasteiger partial charge in [-0.15, -0.1) is 0 Å². The molecule has 1 fully saturated rings. The Balaban J connectivity index is 1.98. The number of benzene rings is 1. The number of ether oxygens (including phenoxy) is 1. The van der Waals surface area contributed by atoms with Crippen LogP contribution in [0.5, 0.6) is 0 Å². The van der Waals surface area contributed by atoms with E-state index in [4.69, 9.17) is 4.74 Å². The summed E-state index contributed by atoms with van der Waals surface area (Å²) in [5.41, 5.74) is 3.16. The van der Waals surface area contributed by atoms with Gasteiger partial charge in [0.2, 0.25) is 11.8 Å². The summed E-state index contributed by atoms with van der Waals surface area (Å²) in [6, 6.07) is 5.92. The molecule has 1 aliphatic heterocycles. The largest absolute Gasteiger partial charge is 0.385 e. The maximum absolute atomic E-state index is 12.3. The fourth-order valence-electron chi connectivity index (χ4n) is 2.72. The number of aryl methyl sites for hydroxylation is 1. The minimum Gasteiger partial charge on any atom is -0.385 e. The summed E-state index contributed by atoms with van der Waals surface area (Å²) < 4.78 is 4.95. The normalized spacial score (nSPS) is 17.9. The zero-order valence-corrected chi connectivity index (χ0v) is 13.5. The van der Waals surface area contributed by atoms with Crippen molar-refractivity contribution < 1.29 is 14.3 Å². The molecular weight excluding hydrogens is 280 g/mol.